The lowest BCUT2D eigenvalue weighted by atomic mass is 9.94. The van der Waals surface area contributed by atoms with E-state index in [-0.39, 0.29) is 5.78 Å². The summed E-state index contributed by atoms with van der Waals surface area (Å²) in [6, 6.07) is 32.5. The normalized spacial score (nSPS) is 11.2. The van der Waals surface area contributed by atoms with Gasteiger partial charge in [-0.2, -0.15) is 0 Å². The fourth-order valence-electron chi connectivity index (χ4n) is 3.65. The Bertz CT molecular complexity index is 1300. The Morgan fingerprint density at radius 3 is 1.88 bits per heavy atom. The van der Waals surface area contributed by atoms with Gasteiger partial charge < -0.3 is 0 Å². The van der Waals surface area contributed by atoms with Gasteiger partial charge in [-0.25, -0.2) is 0 Å². The molecule has 5 rings (SSSR count). The minimum Gasteiger partial charge on any atom is -0.289 e. The van der Waals surface area contributed by atoms with Crippen molar-refractivity contribution in [1.29, 1.82) is 0 Å². The molecule has 5 aromatic rings. The summed E-state index contributed by atoms with van der Waals surface area (Å²) in [7, 11) is 0. The van der Waals surface area contributed by atoms with Gasteiger partial charge in [0.2, 0.25) is 0 Å². The smallest absolute Gasteiger partial charge is 0.193 e. The topological polar surface area (TPSA) is 17.1 Å². The first-order valence-electron chi connectivity index (χ1n) is 8.75. The molecule has 0 aliphatic carbocycles. The van der Waals surface area contributed by atoms with Crippen molar-refractivity contribution in [2.45, 2.75) is 0 Å². The minimum absolute atomic E-state index is 0.0663. The highest BCUT2D eigenvalue weighted by molar-refractivity contribution is 6.18. The Hall–Kier alpha value is -3.45. The predicted octanol–water partition coefficient (Wildman–Crippen LogP) is 6.38. The summed E-state index contributed by atoms with van der Waals surface area (Å²) in [6.07, 6.45) is 0. The van der Waals surface area contributed by atoms with Gasteiger partial charge in [-0.3, -0.25) is 4.79 Å². The van der Waals surface area contributed by atoms with Crippen LogP contribution in [0.15, 0.2) is 97.1 Å². The van der Waals surface area contributed by atoms with Crippen LogP contribution in [0.5, 0.6) is 0 Å². The van der Waals surface area contributed by atoms with Gasteiger partial charge in [-0.05, 0) is 50.5 Å². The number of benzene rings is 5. The first kappa shape index (κ1) is 14.9. The Morgan fingerprint density at radius 1 is 0.500 bits per heavy atom. The van der Waals surface area contributed by atoms with E-state index in [0.29, 0.717) is 0 Å². The van der Waals surface area contributed by atoms with E-state index < -0.39 is 0 Å². The van der Waals surface area contributed by atoms with Crippen molar-refractivity contribution in [2.75, 3.05) is 0 Å². The molecule has 0 aliphatic heterocycles. The maximum Gasteiger partial charge on any atom is 0.193 e. The van der Waals surface area contributed by atoms with E-state index in [1.807, 2.05) is 60.7 Å². The SMILES string of the molecule is O=C(c1ccc2ccccc2c1)c1cccc2cc3ccccc3cc12. The van der Waals surface area contributed by atoms with Crippen LogP contribution in [-0.4, -0.2) is 5.78 Å². The number of hydrogen-bond donors (Lipinski definition) is 0. The molecule has 0 saturated carbocycles. The maximum absolute atomic E-state index is 13.2. The maximum atomic E-state index is 13.2. The first-order valence-corrected chi connectivity index (χ1v) is 8.75. The van der Waals surface area contributed by atoms with Gasteiger partial charge in [-0.1, -0.05) is 78.9 Å². The number of fused-ring (bicyclic) bond motifs is 3. The molecule has 0 saturated heterocycles. The molecule has 0 heterocycles. The van der Waals surface area contributed by atoms with Crippen molar-refractivity contribution in [3.63, 3.8) is 0 Å². The average Bonchev–Trinajstić information content (AvgIpc) is 2.71. The Kier molecular flexibility index (Phi) is 3.32. The highest BCUT2D eigenvalue weighted by Crippen LogP contribution is 2.27. The predicted molar refractivity (Wildman–Crippen MR) is 109 cm³/mol. The Morgan fingerprint density at radius 2 is 1.12 bits per heavy atom. The summed E-state index contributed by atoms with van der Waals surface area (Å²) in [6.45, 7) is 0. The Balaban J connectivity index is 1.71. The quantitative estimate of drug-likeness (QED) is 0.271. The van der Waals surface area contributed by atoms with Crippen molar-refractivity contribution in [2.24, 2.45) is 0 Å². The van der Waals surface area contributed by atoms with Crippen LogP contribution < -0.4 is 0 Å². The molecule has 0 fully saturated rings. The number of hydrogen-bond acceptors (Lipinski definition) is 1. The monoisotopic (exact) mass is 332 g/mol. The largest absolute Gasteiger partial charge is 0.289 e. The molecule has 0 aliphatic rings. The molecule has 0 aromatic heterocycles. The lowest BCUT2D eigenvalue weighted by molar-refractivity contribution is 0.104. The van der Waals surface area contributed by atoms with E-state index in [4.69, 9.17) is 0 Å². The molecular formula is C25H16O. The number of carbonyl (C=O) groups is 1. The summed E-state index contributed by atoms with van der Waals surface area (Å²) >= 11 is 0. The zero-order chi connectivity index (χ0) is 17.5. The van der Waals surface area contributed by atoms with Crippen molar-refractivity contribution < 1.29 is 4.79 Å². The van der Waals surface area contributed by atoms with Crippen LogP contribution in [-0.2, 0) is 0 Å². The minimum atomic E-state index is 0.0663. The van der Waals surface area contributed by atoms with E-state index in [2.05, 4.69) is 36.4 Å². The number of carbonyl (C=O) groups excluding carboxylic acids is 1. The molecule has 5 aromatic carbocycles. The van der Waals surface area contributed by atoms with E-state index in [1.165, 1.54) is 5.39 Å². The van der Waals surface area contributed by atoms with Gasteiger partial charge in [0.25, 0.3) is 0 Å². The van der Waals surface area contributed by atoms with E-state index >= 15 is 0 Å². The zero-order valence-corrected chi connectivity index (χ0v) is 14.1. The molecule has 122 valence electrons. The molecule has 26 heavy (non-hydrogen) atoms. The summed E-state index contributed by atoms with van der Waals surface area (Å²) < 4.78 is 0. The highest BCUT2D eigenvalue weighted by Gasteiger charge is 2.13. The second-order valence-electron chi connectivity index (χ2n) is 6.62. The van der Waals surface area contributed by atoms with Gasteiger partial charge in [0.15, 0.2) is 5.78 Å². The molecule has 0 amide bonds. The van der Waals surface area contributed by atoms with Gasteiger partial charge in [0.05, 0.1) is 0 Å². The van der Waals surface area contributed by atoms with E-state index in [1.54, 1.807) is 0 Å². The summed E-state index contributed by atoms with van der Waals surface area (Å²) in [5, 5.41) is 6.67. The van der Waals surface area contributed by atoms with Crippen LogP contribution in [0.3, 0.4) is 0 Å². The lowest BCUT2D eigenvalue weighted by Crippen LogP contribution is -2.02. The molecule has 0 radical (unpaired) electrons. The second kappa shape index (κ2) is 5.82. The van der Waals surface area contributed by atoms with Crippen LogP contribution in [0.2, 0.25) is 0 Å². The molecule has 0 atom stereocenters. The van der Waals surface area contributed by atoms with Crippen molar-refractivity contribution in [3.8, 4) is 0 Å². The Labute approximate surface area is 151 Å². The molecule has 0 spiro atoms. The molecule has 1 nitrogen and oxygen atoms in total. The summed E-state index contributed by atoms with van der Waals surface area (Å²) in [5.74, 6) is 0.0663. The molecule has 0 unspecified atom stereocenters. The van der Waals surface area contributed by atoms with Gasteiger partial charge in [-0.15, -0.1) is 0 Å². The van der Waals surface area contributed by atoms with Crippen molar-refractivity contribution in [3.05, 3.63) is 108 Å². The standard InChI is InChI=1S/C25H16O/c26-25(22-13-12-17-6-1-2-7-18(17)15-22)23-11-5-10-21-14-19-8-3-4-9-20(19)16-24(21)23/h1-16H. The van der Waals surface area contributed by atoms with Crippen LogP contribution in [0.1, 0.15) is 15.9 Å². The third-order valence-electron chi connectivity index (χ3n) is 5.00. The average molecular weight is 332 g/mol. The fraction of sp³-hybridized carbons (Fsp3) is 0. The van der Waals surface area contributed by atoms with Crippen molar-refractivity contribution in [1.82, 2.24) is 0 Å². The van der Waals surface area contributed by atoms with Gasteiger partial charge in [0, 0.05) is 11.1 Å². The molecular weight excluding hydrogens is 316 g/mol. The van der Waals surface area contributed by atoms with Gasteiger partial charge >= 0.3 is 0 Å². The third kappa shape index (κ3) is 2.37. The summed E-state index contributed by atoms with van der Waals surface area (Å²) in [4.78, 5) is 13.2. The third-order valence-corrected chi connectivity index (χ3v) is 5.00. The van der Waals surface area contributed by atoms with E-state index in [9.17, 15) is 4.79 Å². The second-order valence-corrected chi connectivity index (χ2v) is 6.62. The number of rotatable bonds is 2. The fourth-order valence-corrected chi connectivity index (χ4v) is 3.65. The van der Waals surface area contributed by atoms with Crippen LogP contribution >= 0.6 is 0 Å². The first-order chi connectivity index (χ1) is 12.8. The summed E-state index contributed by atoms with van der Waals surface area (Å²) in [5.41, 5.74) is 1.48. The highest BCUT2D eigenvalue weighted by atomic mass is 16.1. The van der Waals surface area contributed by atoms with E-state index in [0.717, 1.165) is 38.1 Å². The lowest BCUT2D eigenvalue weighted by Gasteiger charge is -2.09. The molecule has 0 bridgehead atoms. The van der Waals surface area contributed by atoms with Crippen LogP contribution in [0.4, 0.5) is 0 Å². The zero-order valence-electron chi connectivity index (χ0n) is 14.1. The van der Waals surface area contributed by atoms with Crippen molar-refractivity contribution >= 4 is 38.1 Å². The van der Waals surface area contributed by atoms with Crippen LogP contribution in [0.25, 0.3) is 32.3 Å². The molecule has 1 heteroatoms. The van der Waals surface area contributed by atoms with Gasteiger partial charge in [0.1, 0.15) is 0 Å². The number of ketones is 1. The molecule has 0 N–H and O–H groups in total. The van der Waals surface area contributed by atoms with Crippen LogP contribution in [0, 0.1) is 0 Å².